The van der Waals surface area contributed by atoms with Gasteiger partial charge < -0.3 is 11.1 Å². The molecule has 2 unspecified atom stereocenters. The molecule has 3 N–H and O–H groups in total. The first-order valence-electron chi connectivity index (χ1n) is 9.24. The number of likely N-dealkylation sites (N-methyl/N-ethyl adjacent to an activating group) is 1. The van der Waals surface area contributed by atoms with Gasteiger partial charge in [-0.15, -0.1) is 11.3 Å². The van der Waals surface area contributed by atoms with Crippen LogP contribution in [0.2, 0.25) is 0 Å². The predicted octanol–water partition coefficient (Wildman–Crippen LogP) is 1.88. The van der Waals surface area contributed by atoms with E-state index in [1.165, 1.54) is 31.4 Å². The molecular weight excluding hydrogens is 318 g/mol. The summed E-state index contributed by atoms with van der Waals surface area (Å²) in [5.41, 5.74) is 7.57. The molecule has 1 aromatic rings. The zero-order valence-electron chi connectivity index (χ0n) is 15.0. The van der Waals surface area contributed by atoms with Crippen LogP contribution >= 0.6 is 11.3 Å². The maximum atomic E-state index is 6.08. The largest absolute Gasteiger partial charge is 0.370 e. The number of hydrogen-bond acceptors (Lipinski definition) is 4. The topological polar surface area (TPSA) is 56.9 Å². The second-order valence-corrected chi connectivity index (χ2v) is 7.97. The molecule has 0 spiro atoms. The summed E-state index contributed by atoms with van der Waals surface area (Å²) in [5, 5.41) is 5.54. The highest BCUT2D eigenvalue weighted by Crippen LogP contribution is 2.25. The molecule has 0 aromatic carbocycles. The standard InChI is InChI=1S/C18H31N5S/c1-3-22-8-4-5-16(22)12-21-18(19)20-11-14(2)23-9-6-17-15(13-23)7-10-24-17/h7,10,14,16H,3-6,8-9,11-13H2,1-2H3,(H3,19,20,21). The van der Waals surface area contributed by atoms with Crippen molar-refractivity contribution in [2.75, 3.05) is 32.7 Å². The van der Waals surface area contributed by atoms with Crippen LogP contribution < -0.4 is 11.1 Å². The average molecular weight is 350 g/mol. The second kappa shape index (κ2) is 8.32. The molecule has 1 fully saturated rings. The number of nitrogens with two attached hydrogens (primary N) is 1. The molecule has 3 heterocycles. The summed E-state index contributed by atoms with van der Waals surface area (Å²) in [6, 6.07) is 3.30. The number of aliphatic imine (C=N–C) groups is 1. The minimum Gasteiger partial charge on any atom is -0.370 e. The van der Waals surface area contributed by atoms with Gasteiger partial charge in [-0.2, -0.15) is 0 Å². The van der Waals surface area contributed by atoms with E-state index in [-0.39, 0.29) is 0 Å². The van der Waals surface area contributed by atoms with E-state index in [1.54, 1.807) is 4.88 Å². The lowest BCUT2D eigenvalue weighted by Crippen LogP contribution is -2.43. The van der Waals surface area contributed by atoms with Gasteiger partial charge in [-0.3, -0.25) is 14.8 Å². The molecule has 5 nitrogen and oxygen atoms in total. The Morgan fingerprint density at radius 3 is 3.21 bits per heavy atom. The maximum Gasteiger partial charge on any atom is 0.188 e. The molecule has 6 heteroatoms. The van der Waals surface area contributed by atoms with Crippen LogP contribution in [0.3, 0.4) is 0 Å². The molecule has 0 radical (unpaired) electrons. The second-order valence-electron chi connectivity index (χ2n) is 6.97. The van der Waals surface area contributed by atoms with E-state index in [0.29, 0.717) is 18.0 Å². The van der Waals surface area contributed by atoms with Crippen molar-refractivity contribution in [2.45, 2.75) is 51.7 Å². The van der Waals surface area contributed by atoms with Gasteiger partial charge in [0.2, 0.25) is 0 Å². The number of likely N-dealkylation sites (tertiary alicyclic amines) is 1. The summed E-state index contributed by atoms with van der Waals surface area (Å²) in [6.45, 7) is 10.7. The van der Waals surface area contributed by atoms with Gasteiger partial charge in [-0.1, -0.05) is 6.92 Å². The fraction of sp³-hybridized carbons (Fsp3) is 0.722. The molecular formula is C18H31N5S. The van der Waals surface area contributed by atoms with Crippen LogP contribution in [0.25, 0.3) is 0 Å². The molecule has 24 heavy (non-hydrogen) atoms. The van der Waals surface area contributed by atoms with Crippen LogP contribution in [-0.4, -0.2) is 60.6 Å². The van der Waals surface area contributed by atoms with E-state index in [9.17, 15) is 0 Å². The zero-order valence-corrected chi connectivity index (χ0v) is 15.8. The Labute approximate surface area is 149 Å². The first-order chi connectivity index (χ1) is 11.7. The third-order valence-electron chi connectivity index (χ3n) is 5.41. The highest BCUT2D eigenvalue weighted by atomic mass is 32.1. The summed E-state index contributed by atoms with van der Waals surface area (Å²) >= 11 is 1.89. The van der Waals surface area contributed by atoms with Crippen molar-refractivity contribution in [3.8, 4) is 0 Å². The smallest absolute Gasteiger partial charge is 0.188 e. The molecule has 0 bridgehead atoms. The van der Waals surface area contributed by atoms with Gasteiger partial charge in [0.15, 0.2) is 5.96 Å². The van der Waals surface area contributed by atoms with Crippen molar-refractivity contribution in [3.63, 3.8) is 0 Å². The Morgan fingerprint density at radius 1 is 1.50 bits per heavy atom. The SMILES string of the molecule is CCN1CCCC1CNC(N)=NCC(C)N1CCc2sccc2C1. The van der Waals surface area contributed by atoms with Crippen molar-refractivity contribution < 1.29 is 0 Å². The molecule has 2 aliphatic rings. The minimum atomic E-state index is 0.428. The normalized spacial score (nSPS) is 24.1. The minimum absolute atomic E-state index is 0.428. The maximum absolute atomic E-state index is 6.08. The summed E-state index contributed by atoms with van der Waals surface area (Å²) in [4.78, 5) is 11.2. The lowest BCUT2D eigenvalue weighted by Gasteiger charge is -2.31. The van der Waals surface area contributed by atoms with Crippen LogP contribution in [-0.2, 0) is 13.0 Å². The predicted molar refractivity (Wildman–Crippen MR) is 103 cm³/mol. The lowest BCUT2D eigenvalue weighted by molar-refractivity contribution is 0.197. The lowest BCUT2D eigenvalue weighted by atomic mass is 10.1. The first kappa shape index (κ1) is 17.7. The summed E-state index contributed by atoms with van der Waals surface area (Å²) in [5.74, 6) is 0.595. The fourth-order valence-corrected chi connectivity index (χ4v) is 4.70. The van der Waals surface area contributed by atoms with Gasteiger partial charge >= 0.3 is 0 Å². The van der Waals surface area contributed by atoms with Crippen LogP contribution in [0.15, 0.2) is 16.4 Å². The van der Waals surface area contributed by atoms with E-state index in [4.69, 9.17) is 5.73 Å². The molecule has 1 aromatic heterocycles. The van der Waals surface area contributed by atoms with Gasteiger partial charge in [-0.25, -0.2) is 0 Å². The van der Waals surface area contributed by atoms with Crippen LogP contribution in [0.4, 0.5) is 0 Å². The van der Waals surface area contributed by atoms with E-state index >= 15 is 0 Å². The van der Waals surface area contributed by atoms with Gasteiger partial charge in [0.05, 0.1) is 6.54 Å². The van der Waals surface area contributed by atoms with Crippen molar-refractivity contribution in [1.82, 2.24) is 15.1 Å². The van der Waals surface area contributed by atoms with Crippen LogP contribution in [0.1, 0.15) is 37.1 Å². The molecule has 2 aliphatic heterocycles. The van der Waals surface area contributed by atoms with E-state index in [1.807, 2.05) is 11.3 Å². The number of thiophene rings is 1. The Morgan fingerprint density at radius 2 is 2.38 bits per heavy atom. The fourth-order valence-electron chi connectivity index (χ4n) is 3.81. The number of guanidine groups is 1. The van der Waals surface area contributed by atoms with E-state index in [0.717, 1.165) is 32.7 Å². The molecule has 3 rings (SSSR count). The molecule has 1 saturated heterocycles. The highest BCUT2D eigenvalue weighted by Gasteiger charge is 2.23. The Balaban J connectivity index is 1.43. The molecule has 0 saturated carbocycles. The Kier molecular flexibility index (Phi) is 6.14. The number of hydrogen-bond donors (Lipinski definition) is 2. The summed E-state index contributed by atoms with van der Waals surface area (Å²) in [7, 11) is 0. The number of fused-ring (bicyclic) bond motifs is 1. The van der Waals surface area contributed by atoms with Crippen molar-refractivity contribution in [2.24, 2.45) is 10.7 Å². The summed E-state index contributed by atoms with van der Waals surface area (Å²) < 4.78 is 0. The molecule has 0 amide bonds. The highest BCUT2D eigenvalue weighted by molar-refractivity contribution is 7.10. The molecule has 0 aliphatic carbocycles. The quantitative estimate of drug-likeness (QED) is 0.608. The van der Waals surface area contributed by atoms with Crippen molar-refractivity contribution in [3.05, 3.63) is 21.9 Å². The van der Waals surface area contributed by atoms with Gasteiger partial charge in [0.25, 0.3) is 0 Å². The van der Waals surface area contributed by atoms with Crippen molar-refractivity contribution in [1.29, 1.82) is 0 Å². The Bertz CT molecular complexity index is 555. The third-order valence-corrected chi connectivity index (χ3v) is 6.43. The van der Waals surface area contributed by atoms with Gasteiger partial charge in [-0.05, 0) is 56.3 Å². The number of nitrogens with one attached hydrogen (secondary N) is 1. The molecule has 134 valence electrons. The van der Waals surface area contributed by atoms with Crippen LogP contribution in [0.5, 0.6) is 0 Å². The number of nitrogens with zero attached hydrogens (tertiary/aromatic N) is 3. The third kappa shape index (κ3) is 4.29. The first-order valence-corrected chi connectivity index (χ1v) is 10.1. The monoisotopic (exact) mass is 349 g/mol. The Hall–Kier alpha value is -1.11. The zero-order chi connectivity index (χ0) is 16.9. The average Bonchev–Trinajstić information content (AvgIpc) is 3.25. The molecule has 2 atom stereocenters. The summed E-state index contributed by atoms with van der Waals surface area (Å²) in [6.07, 6.45) is 3.73. The van der Waals surface area contributed by atoms with Gasteiger partial charge in [0.1, 0.15) is 0 Å². The van der Waals surface area contributed by atoms with E-state index in [2.05, 4.69) is 45.4 Å². The van der Waals surface area contributed by atoms with E-state index < -0.39 is 0 Å². The van der Waals surface area contributed by atoms with Gasteiger partial charge in [0, 0.05) is 36.6 Å². The number of rotatable bonds is 6. The van der Waals surface area contributed by atoms with Crippen LogP contribution in [0, 0.1) is 0 Å². The van der Waals surface area contributed by atoms with Crippen molar-refractivity contribution >= 4 is 17.3 Å².